The van der Waals surface area contributed by atoms with Gasteiger partial charge in [-0.2, -0.15) is 0 Å². The second-order valence-corrected chi connectivity index (χ2v) is 7.61. The van der Waals surface area contributed by atoms with Crippen molar-refractivity contribution in [2.75, 3.05) is 13.7 Å². The topological polar surface area (TPSA) is 65.6 Å². The Balaban J connectivity index is 1.60. The first-order chi connectivity index (χ1) is 12.5. The lowest BCUT2D eigenvalue weighted by Crippen LogP contribution is -2.48. The molecule has 1 saturated carbocycles. The quantitative estimate of drug-likeness (QED) is 0.865. The third-order valence-electron chi connectivity index (χ3n) is 5.83. The number of carbonyl (C=O) groups is 1. The van der Waals surface area contributed by atoms with Crippen LogP contribution in [0, 0.1) is 0 Å². The molecule has 2 aromatic rings. The van der Waals surface area contributed by atoms with Gasteiger partial charge >= 0.3 is 0 Å². The van der Waals surface area contributed by atoms with Crippen molar-refractivity contribution in [3.05, 3.63) is 53.3 Å². The molecule has 2 aliphatic rings. The average Bonchev–Trinajstić information content (AvgIpc) is 3.18. The zero-order valence-electron chi connectivity index (χ0n) is 15.4. The summed E-state index contributed by atoms with van der Waals surface area (Å²) in [6, 6.07) is 9.11. The first kappa shape index (κ1) is 17.2. The molecule has 0 unspecified atom stereocenters. The lowest BCUT2D eigenvalue weighted by Gasteiger charge is -2.37. The van der Waals surface area contributed by atoms with Gasteiger partial charge in [0.05, 0.1) is 18.7 Å². The van der Waals surface area contributed by atoms with E-state index >= 15 is 0 Å². The van der Waals surface area contributed by atoms with E-state index in [1.807, 2.05) is 48.4 Å². The van der Waals surface area contributed by atoms with Crippen molar-refractivity contribution in [1.29, 1.82) is 0 Å². The van der Waals surface area contributed by atoms with Crippen LogP contribution >= 0.6 is 0 Å². The lowest BCUT2D eigenvalue weighted by molar-refractivity contribution is -0.0177. The Hall–Kier alpha value is -2.27. The zero-order chi connectivity index (χ0) is 18.3. The van der Waals surface area contributed by atoms with E-state index in [1.54, 1.807) is 7.11 Å². The fourth-order valence-electron chi connectivity index (χ4n) is 4.15. The monoisotopic (exact) mass is 354 g/mol. The van der Waals surface area contributed by atoms with Gasteiger partial charge in [-0.15, -0.1) is 0 Å². The number of nitrogens with one attached hydrogen (secondary N) is 1. The second-order valence-electron chi connectivity index (χ2n) is 7.61. The molecule has 4 rings (SSSR count). The fraction of sp³-hybridized carbons (Fsp3) is 0.476. The molecule has 5 nitrogen and oxygen atoms in total. The van der Waals surface area contributed by atoms with Crippen molar-refractivity contribution in [3.8, 4) is 5.75 Å². The minimum Gasteiger partial charge on any atom is -0.497 e. The summed E-state index contributed by atoms with van der Waals surface area (Å²) in [5, 5.41) is 11.3. The van der Waals surface area contributed by atoms with Crippen LogP contribution in [-0.4, -0.2) is 40.6 Å². The van der Waals surface area contributed by atoms with Gasteiger partial charge in [0.2, 0.25) is 0 Å². The van der Waals surface area contributed by atoms with Gasteiger partial charge in [0.25, 0.3) is 5.91 Å². The van der Waals surface area contributed by atoms with E-state index in [-0.39, 0.29) is 11.9 Å². The molecule has 1 aromatic carbocycles. The molecule has 0 bridgehead atoms. The summed E-state index contributed by atoms with van der Waals surface area (Å²) in [6.45, 7) is 2.50. The number of carbonyl (C=O) groups excluding carboxylic acids is 1. The van der Waals surface area contributed by atoms with Crippen LogP contribution in [0.5, 0.6) is 5.75 Å². The molecule has 2 N–H and O–H groups in total. The third-order valence-corrected chi connectivity index (χ3v) is 5.83. The van der Waals surface area contributed by atoms with Crippen molar-refractivity contribution in [2.45, 2.75) is 50.2 Å². The number of likely N-dealkylation sites (tertiary alicyclic amines) is 1. The number of ether oxygens (including phenoxy) is 1. The number of benzene rings is 1. The number of amides is 1. The van der Waals surface area contributed by atoms with Crippen LogP contribution in [0.25, 0.3) is 0 Å². The second kappa shape index (κ2) is 6.47. The highest BCUT2D eigenvalue weighted by Crippen LogP contribution is 2.42. The molecule has 138 valence electrons. The number of rotatable bonds is 5. The number of hydrogen-bond acceptors (Lipinski definition) is 3. The minimum atomic E-state index is -1.10. The zero-order valence-corrected chi connectivity index (χ0v) is 15.4. The number of methoxy groups -OCH3 is 1. The van der Waals surface area contributed by atoms with E-state index in [2.05, 4.69) is 4.98 Å². The van der Waals surface area contributed by atoms with Crippen LogP contribution in [0.3, 0.4) is 0 Å². The van der Waals surface area contributed by atoms with E-state index in [0.29, 0.717) is 12.5 Å². The van der Waals surface area contributed by atoms with Crippen molar-refractivity contribution < 1.29 is 14.6 Å². The first-order valence-electron chi connectivity index (χ1n) is 9.37. The van der Waals surface area contributed by atoms with E-state index < -0.39 is 5.60 Å². The third kappa shape index (κ3) is 2.90. The SMILES string of the molecule is COc1ccc([C@](C)(O)[C@H]2CCCN2C(=O)c2cc[nH]c2C2CC2)cc1. The highest BCUT2D eigenvalue weighted by Gasteiger charge is 2.43. The van der Waals surface area contributed by atoms with Gasteiger partial charge in [-0.25, -0.2) is 0 Å². The molecule has 1 aliphatic carbocycles. The Kier molecular flexibility index (Phi) is 4.27. The van der Waals surface area contributed by atoms with Gasteiger partial charge in [0, 0.05) is 18.4 Å². The maximum absolute atomic E-state index is 13.2. The molecule has 1 saturated heterocycles. The smallest absolute Gasteiger partial charge is 0.256 e. The largest absolute Gasteiger partial charge is 0.497 e. The maximum Gasteiger partial charge on any atom is 0.256 e. The summed E-state index contributed by atoms with van der Waals surface area (Å²) in [5.74, 6) is 1.28. The normalized spacial score (nSPS) is 22.3. The molecule has 0 radical (unpaired) electrons. The number of aromatic nitrogens is 1. The van der Waals surface area contributed by atoms with E-state index in [9.17, 15) is 9.90 Å². The number of hydrogen-bond donors (Lipinski definition) is 2. The van der Waals surface area contributed by atoms with Crippen LogP contribution in [0.2, 0.25) is 0 Å². The molecule has 2 fully saturated rings. The molecule has 26 heavy (non-hydrogen) atoms. The van der Waals surface area contributed by atoms with E-state index in [4.69, 9.17) is 4.74 Å². The highest BCUT2D eigenvalue weighted by molar-refractivity contribution is 5.96. The van der Waals surface area contributed by atoms with Crippen LogP contribution in [0.4, 0.5) is 0 Å². The molecular formula is C21H26N2O3. The van der Waals surface area contributed by atoms with E-state index in [0.717, 1.165) is 48.3 Å². The molecule has 1 aliphatic heterocycles. The van der Waals surface area contributed by atoms with Crippen LogP contribution < -0.4 is 4.74 Å². The Morgan fingerprint density at radius 2 is 1.96 bits per heavy atom. The van der Waals surface area contributed by atoms with Gasteiger partial charge in [0.1, 0.15) is 11.4 Å². The van der Waals surface area contributed by atoms with Crippen molar-refractivity contribution in [1.82, 2.24) is 9.88 Å². The Labute approximate surface area is 154 Å². The standard InChI is InChI=1S/C21H26N2O3/c1-21(25,15-7-9-16(26-2)10-8-15)18-4-3-13-23(18)20(24)17-11-12-22-19(17)14-5-6-14/h7-12,14,18,22,25H,3-6,13H2,1-2H3/t18-,21+/m1/s1. The molecule has 2 heterocycles. The van der Waals surface area contributed by atoms with Crippen molar-refractivity contribution >= 4 is 5.91 Å². The molecule has 0 spiro atoms. The predicted molar refractivity (Wildman–Crippen MR) is 99.4 cm³/mol. The summed E-state index contributed by atoms with van der Waals surface area (Å²) in [6.07, 6.45) is 5.86. The van der Waals surface area contributed by atoms with Gasteiger partial charge in [-0.3, -0.25) is 4.79 Å². The Morgan fingerprint density at radius 1 is 1.23 bits per heavy atom. The summed E-state index contributed by atoms with van der Waals surface area (Å²) in [7, 11) is 1.62. The van der Waals surface area contributed by atoms with Gasteiger partial charge in [0.15, 0.2) is 0 Å². The van der Waals surface area contributed by atoms with Gasteiger partial charge in [-0.05, 0) is 62.3 Å². The number of H-pyrrole nitrogens is 1. The summed E-state index contributed by atoms with van der Waals surface area (Å²) < 4.78 is 5.21. The Bertz CT molecular complexity index is 790. The molecule has 5 heteroatoms. The van der Waals surface area contributed by atoms with Gasteiger partial charge < -0.3 is 19.7 Å². The average molecular weight is 354 g/mol. The highest BCUT2D eigenvalue weighted by atomic mass is 16.5. The number of aliphatic hydroxyl groups is 1. The van der Waals surface area contributed by atoms with Crippen LogP contribution in [-0.2, 0) is 5.60 Å². The maximum atomic E-state index is 13.2. The van der Waals surface area contributed by atoms with Crippen molar-refractivity contribution in [2.24, 2.45) is 0 Å². The first-order valence-corrected chi connectivity index (χ1v) is 9.37. The molecule has 2 atom stereocenters. The van der Waals surface area contributed by atoms with Crippen molar-refractivity contribution in [3.63, 3.8) is 0 Å². The Morgan fingerprint density at radius 3 is 2.62 bits per heavy atom. The summed E-state index contributed by atoms with van der Waals surface area (Å²) in [5.41, 5.74) is 1.53. The minimum absolute atomic E-state index is 0.0319. The van der Waals surface area contributed by atoms with Crippen LogP contribution in [0.1, 0.15) is 60.1 Å². The predicted octanol–water partition coefficient (Wildman–Crippen LogP) is 3.41. The summed E-state index contributed by atoms with van der Waals surface area (Å²) in [4.78, 5) is 18.3. The lowest BCUT2D eigenvalue weighted by atomic mass is 9.86. The molecule has 1 aromatic heterocycles. The number of aromatic amines is 1. The van der Waals surface area contributed by atoms with Gasteiger partial charge in [-0.1, -0.05) is 12.1 Å². The fourth-order valence-corrected chi connectivity index (χ4v) is 4.15. The molecular weight excluding hydrogens is 328 g/mol. The summed E-state index contributed by atoms with van der Waals surface area (Å²) >= 11 is 0. The molecule has 1 amide bonds. The number of nitrogens with zero attached hydrogens (tertiary/aromatic N) is 1. The van der Waals surface area contributed by atoms with E-state index in [1.165, 1.54) is 0 Å². The van der Waals surface area contributed by atoms with Crippen LogP contribution in [0.15, 0.2) is 36.5 Å².